The molecule has 1 N–H and O–H groups in total. The van der Waals surface area contributed by atoms with Crippen LogP contribution >= 0.6 is 0 Å². The van der Waals surface area contributed by atoms with E-state index >= 15 is 0 Å². The first-order chi connectivity index (χ1) is 5.41. The van der Waals surface area contributed by atoms with Gasteiger partial charge in [0, 0.05) is 6.26 Å². The smallest absolute Gasteiger partial charge is 0.150 e. The van der Waals surface area contributed by atoms with Crippen LogP contribution in [0.5, 0.6) is 0 Å². The quantitative estimate of drug-likeness (QED) is 0.701. The van der Waals surface area contributed by atoms with Gasteiger partial charge in [-0.15, -0.1) is 0 Å². The summed E-state index contributed by atoms with van der Waals surface area (Å²) in [6, 6.07) is 0. The van der Waals surface area contributed by atoms with Gasteiger partial charge >= 0.3 is 0 Å². The Balaban J connectivity index is 2.59. The molecule has 0 saturated heterocycles. The van der Waals surface area contributed by atoms with E-state index in [2.05, 4.69) is 0 Å². The van der Waals surface area contributed by atoms with Gasteiger partial charge in [-0.2, -0.15) is 0 Å². The van der Waals surface area contributed by atoms with E-state index in [-0.39, 0.29) is 5.75 Å². The van der Waals surface area contributed by atoms with Crippen LogP contribution < -0.4 is 0 Å². The summed E-state index contributed by atoms with van der Waals surface area (Å²) in [5, 5.41) is 9.83. The summed E-state index contributed by atoms with van der Waals surface area (Å²) in [5.74, 6) is -0.0694. The third-order valence-electron chi connectivity index (χ3n) is 2.32. The fourth-order valence-corrected chi connectivity index (χ4v) is 3.11. The third-order valence-corrected chi connectivity index (χ3v) is 3.38. The molecule has 72 valence electrons. The maximum atomic E-state index is 10.9. The van der Waals surface area contributed by atoms with E-state index in [1.54, 1.807) is 0 Å². The van der Waals surface area contributed by atoms with Gasteiger partial charge in [-0.3, -0.25) is 0 Å². The molecule has 0 aromatic rings. The lowest BCUT2D eigenvalue weighted by atomic mass is 9.86. The summed E-state index contributed by atoms with van der Waals surface area (Å²) in [5.41, 5.74) is -0.925. The Hall–Kier alpha value is -0.0900. The average Bonchev–Trinajstić information content (AvgIpc) is 1.83. The Kier molecular flexibility index (Phi) is 2.78. The molecule has 1 aliphatic rings. The normalized spacial score (nSPS) is 23.8. The minimum absolute atomic E-state index is 0.0694. The molecule has 3 nitrogen and oxygen atoms in total. The second kappa shape index (κ2) is 3.34. The van der Waals surface area contributed by atoms with Gasteiger partial charge in [-0.05, 0) is 12.8 Å². The topological polar surface area (TPSA) is 54.4 Å². The van der Waals surface area contributed by atoms with E-state index in [0.717, 1.165) is 19.3 Å². The average molecular weight is 192 g/mol. The lowest BCUT2D eigenvalue weighted by Crippen LogP contribution is -2.38. The number of sulfone groups is 1. The van der Waals surface area contributed by atoms with Crippen LogP contribution in [0.3, 0.4) is 0 Å². The molecule has 0 aromatic heterocycles. The molecule has 0 aliphatic heterocycles. The molecule has 1 aliphatic carbocycles. The molecule has 12 heavy (non-hydrogen) atoms. The fraction of sp³-hybridized carbons (Fsp3) is 1.00. The van der Waals surface area contributed by atoms with E-state index in [4.69, 9.17) is 0 Å². The molecule has 1 saturated carbocycles. The summed E-state index contributed by atoms with van der Waals surface area (Å²) in [6.45, 7) is 0. The molecular weight excluding hydrogens is 176 g/mol. The molecule has 4 heteroatoms. The number of hydrogen-bond donors (Lipinski definition) is 1. The van der Waals surface area contributed by atoms with Crippen LogP contribution in [0.15, 0.2) is 0 Å². The summed E-state index contributed by atoms with van der Waals surface area (Å²) < 4.78 is 21.9. The standard InChI is InChI=1S/C8H16O3S/c1-12(10,11)7-8(9)5-3-2-4-6-8/h9H,2-7H2,1H3. The molecule has 0 amide bonds. The molecule has 1 fully saturated rings. The Labute approximate surface area is 73.7 Å². The van der Waals surface area contributed by atoms with Crippen molar-refractivity contribution in [3.63, 3.8) is 0 Å². The van der Waals surface area contributed by atoms with Crippen molar-refractivity contribution in [2.75, 3.05) is 12.0 Å². The second-order valence-electron chi connectivity index (χ2n) is 3.86. The zero-order valence-corrected chi connectivity index (χ0v) is 8.23. The maximum absolute atomic E-state index is 10.9. The molecule has 1 rings (SSSR count). The van der Waals surface area contributed by atoms with Gasteiger partial charge in [-0.25, -0.2) is 8.42 Å². The van der Waals surface area contributed by atoms with E-state index in [0.29, 0.717) is 12.8 Å². The monoisotopic (exact) mass is 192 g/mol. The number of rotatable bonds is 2. The first kappa shape index (κ1) is 9.99. The van der Waals surface area contributed by atoms with E-state index < -0.39 is 15.4 Å². The molecule has 0 aromatic carbocycles. The summed E-state index contributed by atoms with van der Waals surface area (Å²) in [7, 11) is -3.03. The highest BCUT2D eigenvalue weighted by Gasteiger charge is 2.32. The van der Waals surface area contributed by atoms with Crippen molar-refractivity contribution in [2.45, 2.75) is 37.7 Å². The predicted molar refractivity (Wildman–Crippen MR) is 47.7 cm³/mol. The summed E-state index contributed by atoms with van der Waals surface area (Å²) >= 11 is 0. The van der Waals surface area contributed by atoms with Crippen molar-refractivity contribution in [1.82, 2.24) is 0 Å². The highest BCUT2D eigenvalue weighted by atomic mass is 32.2. The highest BCUT2D eigenvalue weighted by Crippen LogP contribution is 2.28. The Morgan fingerprint density at radius 3 is 2.17 bits per heavy atom. The number of aliphatic hydroxyl groups is 1. The minimum Gasteiger partial charge on any atom is -0.389 e. The lowest BCUT2D eigenvalue weighted by Gasteiger charge is -2.30. The van der Waals surface area contributed by atoms with E-state index in [9.17, 15) is 13.5 Å². The number of hydrogen-bond acceptors (Lipinski definition) is 3. The van der Waals surface area contributed by atoms with Crippen molar-refractivity contribution in [2.24, 2.45) is 0 Å². The second-order valence-corrected chi connectivity index (χ2v) is 6.00. The highest BCUT2D eigenvalue weighted by molar-refractivity contribution is 7.90. The van der Waals surface area contributed by atoms with Gasteiger partial charge in [-0.1, -0.05) is 19.3 Å². The fourth-order valence-electron chi connectivity index (χ4n) is 1.84. The van der Waals surface area contributed by atoms with Crippen LogP contribution in [0.4, 0.5) is 0 Å². The van der Waals surface area contributed by atoms with Gasteiger partial charge in [0.2, 0.25) is 0 Å². The molecule has 0 atom stereocenters. The molecule has 0 unspecified atom stereocenters. The Bertz CT molecular complexity index is 237. The van der Waals surface area contributed by atoms with Gasteiger partial charge < -0.3 is 5.11 Å². The Morgan fingerprint density at radius 1 is 1.25 bits per heavy atom. The van der Waals surface area contributed by atoms with Crippen LogP contribution in [0.2, 0.25) is 0 Å². The van der Waals surface area contributed by atoms with Crippen LogP contribution in [-0.2, 0) is 9.84 Å². The Morgan fingerprint density at radius 2 is 1.75 bits per heavy atom. The van der Waals surface area contributed by atoms with Crippen molar-refractivity contribution in [3.8, 4) is 0 Å². The van der Waals surface area contributed by atoms with E-state index in [1.165, 1.54) is 6.26 Å². The SMILES string of the molecule is CS(=O)(=O)CC1(O)CCCCC1. The van der Waals surface area contributed by atoms with Gasteiger partial charge in [0.1, 0.15) is 9.84 Å². The van der Waals surface area contributed by atoms with Gasteiger partial charge in [0.25, 0.3) is 0 Å². The first-order valence-corrected chi connectivity index (χ1v) is 6.38. The van der Waals surface area contributed by atoms with Crippen LogP contribution in [0.25, 0.3) is 0 Å². The van der Waals surface area contributed by atoms with Crippen LogP contribution in [0, 0.1) is 0 Å². The van der Waals surface area contributed by atoms with Crippen molar-refractivity contribution < 1.29 is 13.5 Å². The van der Waals surface area contributed by atoms with Gasteiger partial charge in [0.05, 0.1) is 11.4 Å². The van der Waals surface area contributed by atoms with Crippen molar-refractivity contribution in [1.29, 1.82) is 0 Å². The molecule has 0 radical (unpaired) electrons. The zero-order chi connectivity index (χ0) is 9.24. The molecule has 0 spiro atoms. The lowest BCUT2D eigenvalue weighted by molar-refractivity contribution is 0.0258. The molecular formula is C8H16O3S. The van der Waals surface area contributed by atoms with Gasteiger partial charge in [0.15, 0.2) is 0 Å². The first-order valence-electron chi connectivity index (χ1n) is 4.31. The van der Waals surface area contributed by atoms with Crippen molar-refractivity contribution in [3.05, 3.63) is 0 Å². The minimum atomic E-state index is -3.03. The van der Waals surface area contributed by atoms with Crippen molar-refractivity contribution >= 4 is 9.84 Å². The maximum Gasteiger partial charge on any atom is 0.150 e. The largest absolute Gasteiger partial charge is 0.389 e. The van der Waals surface area contributed by atoms with Crippen LogP contribution in [-0.4, -0.2) is 31.1 Å². The zero-order valence-electron chi connectivity index (χ0n) is 7.41. The predicted octanol–water partition coefficient (Wildman–Crippen LogP) is 0.726. The third kappa shape index (κ3) is 3.11. The summed E-state index contributed by atoms with van der Waals surface area (Å²) in [4.78, 5) is 0. The van der Waals surface area contributed by atoms with E-state index in [1.807, 2.05) is 0 Å². The van der Waals surface area contributed by atoms with Crippen LogP contribution in [0.1, 0.15) is 32.1 Å². The molecule has 0 bridgehead atoms. The molecule has 0 heterocycles. The summed E-state index contributed by atoms with van der Waals surface area (Å²) in [6.07, 6.45) is 5.48.